The Kier molecular flexibility index (Phi) is 4.87. The lowest BCUT2D eigenvalue weighted by molar-refractivity contribution is 0.313. The van der Waals surface area contributed by atoms with Crippen molar-refractivity contribution < 1.29 is 8.42 Å². The van der Waals surface area contributed by atoms with Gasteiger partial charge in [-0.25, -0.2) is 4.98 Å². The Labute approximate surface area is 137 Å². The number of aryl methyl sites for hydroxylation is 2. The molecule has 1 aromatic rings. The zero-order valence-corrected chi connectivity index (χ0v) is 15.0. The summed E-state index contributed by atoms with van der Waals surface area (Å²) in [5.74, 6) is 0.432. The molecular weight excluding hydrogens is 318 g/mol. The van der Waals surface area contributed by atoms with Gasteiger partial charge in [0.2, 0.25) is 0 Å². The van der Waals surface area contributed by atoms with Crippen LogP contribution in [0.5, 0.6) is 0 Å². The van der Waals surface area contributed by atoms with Crippen LogP contribution in [0.15, 0.2) is 0 Å². The Hall–Kier alpha value is -0.500. The number of hydrogen-bond acceptors (Lipinski definition) is 4. The van der Waals surface area contributed by atoms with E-state index in [0.717, 1.165) is 19.3 Å². The topological polar surface area (TPSA) is 62.3 Å². The number of hydrogen-bond donors (Lipinski definition) is 1. The van der Waals surface area contributed by atoms with Gasteiger partial charge >= 0.3 is 0 Å². The van der Waals surface area contributed by atoms with Crippen LogP contribution in [0.3, 0.4) is 0 Å². The molecule has 1 aromatic heterocycles. The zero-order chi connectivity index (χ0) is 15.7. The summed E-state index contributed by atoms with van der Waals surface area (Å²) < 4.78 is 28.6. The summed E-state index contributed by atoms with van der Waals surface area (Å²) in [7, 11) is -3.32. The van der Waals surface area contributed by atoms with Crippen molar-refractivity contribution >= 4 is 21.5 Å². The molecule has 22 heavy (non-hydrogen) atoms. The third kappa shape index (κ3) is 3.53. The van der Waals surface area contributed by atoms with Gasteiger partial charge in [0.1, 0.15) is 0 Å². The number of fused-ring (bicyclic) bond motifs is 1. The Morgan fingerprint density at radius 2 is 1.91 bits per heavy atom. The van der Waals surface area contributed by atoms with Crippen molar-refractivity contribution in [2.45, 2.75) is 64.3 Å². The highest BCUT2D eigenvalue weighted by molar-refractivity contribution is 7.87. The Morgan fingerprint density at radius 3 is 2.55 bits per heavy atom. The number of rotatable bonds is 4. The van der Waals surface area contributed by atoms with E-state index in [1.165, 1.54) is 34.8 Å². The molecule has 1 aliphatic carbocycles. The van der Waals surface area contributed by atoms with Crippen molar-refractivity contribution in [3.05, 3.63) is 15.6 Å². The molecule has 0 unspecified atom stereocenters. The monoisotopic (exact) mass is 343 g/mol. The SMILES string of the molecule is CC(C)NS(=O)(=O)N1CCC(c2nc3c(s2)CCCC3)CC1. The molecule has 7 heteroatoms. The number of nitrogens with zero attached hydrogens (tertiary/aromatic N) is 2. The van der Waals surface area contributed by atoms with Crippen LogP contribution in [0.25, 0.3) is 0 Å². The van der Waals surface area contributed by atoms with Crippen LogP contribution in [0.2, 0.25) is 0 Å². The number of nitrogens with one attached hydrogen (secondary N) is 1. The Bertz CT molecular complexity index is 593. The van der Waals surface area contributed by atoms with Gasteiger partial charge in [-0.05, 0) is 52.4 Å². The van der Waals surface area contributed by atoms with E-state index >= 15 is 0 Å². The molecule has 3 rings (SSSR count). The van der Waals surface area contributed by atoms with Crippen molar-refractivity contribution in [3.63, 3.8) is 0 Å². The van der Waals surface area contributed by atoms with Gasteiger partial charge in [-0.2, -0.15) is 17.4 Å². The highest BCUT2D eigenvalue weighted by atomic mass is 32.2. The summed E-state index contributed by atoms with van der Waals surface area (Å²) in [6, 6.07) is -0.0617. The number of piperidine rings is 1. The molecule has 124 valence electrons. The minimum absolute atomic E-state index is 0.0617. The molecule has 1 saturated heterocycles. The van der Waals surface area contributed by atoms with Gasteiger partial charge in [-0.15, -0.1) is 11.3 Å². The smallest absolute Gasteiger partial charge is 0.246 e. The normalized spacial score (nSPS) is 21.2. The summed E-state index contributed by atoms with van der Waals surface area (Å²) in [6.45, 7) is 4.89. The van der Waals surface area contributed by atoms with Crippen molar-refractivity contribution in [2.24, 2.45) is 0 Å². The molecule has 0 radical (unpaired) electrons. The molecule has 0 atom stereocenters. The van der Waals surface area contributed by atoms with E-state index in [9.17, 15) is 8.42 Å². The van der Waals surface area contributed by atoms with E-state index in [4.69, 9.17) is 4.98 Å². The number of thiazole rings is 1. The van der Waals surface area contributed by atoms with Gasteiger partial charge in [0.05, 0.1) is 10.7 Å². The lowest BCUT2D eigenvalue weighted by Gasteiger charge is -2.30. The molecule has 0 saturated carbocycles. The molecule has 1 aliphatic heterocycles. The fraction of sp³-hybridized carbons (Fsp3) is 0.800. The molecular formula is C15H25N3O2S2. The van der Waals surface area contributed by atoms with Crippen LogP contribution in [0, 0.1) is 0 Å². The minimum Gasteiger partial charge on any atom is -0.246 e. The van der Waals surface area contributed by atoms with E-state index in [0.29, 0.717) is 19.0 Å². The van der Waals surface area contributed by atoms with Crippen molar-refractivity contribution in [1.82, 2.24) is 14.0 Å². The van der Waals surface area contributed by atoms with Gasteiger partial charge in [-0.1, -0.05) is 0 Å². The van der Waals surface area contributed by atoms with Gasteiger partial charge in [0, 0.05) is 29.9 Å². The van der Waals surface area contributed by atoms with Crippen LogP contribution in [0.1, 0.15) is 61.0 Å². The zero-order valence-electron chi connectivity index (χ0n) is 13.3. The molecule has 1 N–H and O–H groups in total. The van der Waals surface area contributed by atoms with Gasteiger partial charge < -0.3 is 0 Å². The van der Waals surface area contributed by atoms with Crippen molar-refractivity contribution in [3.8, 4) is 0 Å². The summed E-state index contributed by atoms with van der Waals surface area (Å²) in [4.78, 5) is 6.32. The van der Waals surface area contributed by atoms with E-state index in [1.54, 1.807) is 4.31 Å². The van der Waals surface area contributed by atoms with E-state index < -0.39 is 10.2 Å². The Morgan fingerprint density at radius 1 is 1.23 bits per heavy atom. The fourth-order valence-electron chi connectivity index (χ4n) is 3.26. The maximum atomic E-state index is 12.2. The summed E-state index contributed by atoms with van der Waals surface area (Å²) in [5.41, 5.74) is 1.31. The van der Waals surface area contributed by atoms with Crippen molar-refractivity contribution in [2.75, 3.05) is 13.1 Å². The maximum absolute atomic E-state index is 12.2. The predicted molar refractivity (Wildman–Crippen MR) is 89.5 cm³/mol. The first-order valence-electron chi connectivity index (χ1n) is 8.21. The highest BCUT2D eigenvalue weighted by Crippen LogP contribution is 2.35. The van der Waals surface area contributed by atoms with Crippen LogP contribution in [-0.2, 0) is 23.1 Å². The van der Waals surface area contributed by atoms with Crippen LogP contribution in [-0.4, -0.2) is 36.8 Å². The molecule has 0 bridgehead atoms. The third-order valence-corrected chi connectivity index (χ3v) is 7.52. The molecule has 2 aliphatic rings. The molecule has 2 heterocycles. The standard InChI is InChI=1S/C15H25N3O2S2/c1-11(2)17-22(19,20)18-9-7-12(8-10-18)15-16-13-5-3-4-6-14(13)21-15/h11-12,17H,3-10H2,1-2H3. The molecule has 0 aromatic carbocycles. The summed E-state index contributed by atoms with van der Waals surface area (Å²) in [6.07, 6.45) is 6.60. The van der Waals surface area contributed by atoms with E-state index in [2.05, 4.69) is 4.72 Å². The second-order valence-corrected chi connectivity index (χ2v) is 9.40. The van der Waals surface area contributed by atoms with Crippen LogP contribution in [0.4, 0.5) is 0 Å². The van der Waals surface area contributed by atoms with E-state index in [-0.39, 0.29) is 6.04 Å². The van der Waals surface area contributed by atoms with E-state index in [1.807, 2.05) is 25.2 Å². The summed E-state index contributed by atoms with van der Waals surface area (Å²) >= 11 is 1.87. The first kappa shape index (κ1) is 16.4. The first-order valence-corrected chi connectivity index (χ1v) is 10.5. The minimum atomic E-state index is -3.32. The van der Waals surface area contributed by atoms with Crippen molar-refractivity contribution in [1.29, 1.82) is 0 Å². The average molecular weight is 344 g/mol. The summed E-state index contributed by atoms with van der Waals surface area (Å²) in [5, 5.41) is 1.24. The lowest BCUT2D eigenvalue weighted by atomic mass is 9.99. The number of aromatic nitrogens is 1. The lowest BCUT2D eigenvalue weighted by Crippen LogP contribution is -2.46. The largest absolute Gasteiger partial charge is 0.279 e. The molecule has 0 spiro atoms. The van der Waals surface area contributed by atoms with Gasteiger partial charge in [0.15, 0.2) is 0 Å². The van der Waals surface area contributed by atoms with Crippen LogP contribution >= 0.6 is 11.3 Å². The van der Waals surface area contributed by atoms with Gasteiger partial charge in [0.25, 0.3) is 10.2 Å². The quantitative estimate of drug-likeness (QED) is 0.913. The molecule has 5 nitrogen and oxygen atoms in total. The second kappa shape index (κ2) is 6.55. The Balaban J connectivity index is 1.63. The fourth-order valence-corrected chi connectivity index (χ4v) is 6.02. The predicted octanol–water partition coefficient (Wildman–Crippen LogP) is 2.44. The maximum Gasteiger partial charge on any atom is 0.279 e. The van der Waals surface area contributed by atoms with Gasteiger partial charge in [-0.3, -0.25) is 0 Å². The highest BCUT2D eigenvalue weighted by Gasteiger charge is 2.30. The van der Waals surface area contributed by atoms with Crippen LogP contribution < -0.4 is 4.72 Å². The third-order valence-electron chi connectivity index (χ3n) is 4.39. The average Bonchev–Trinajstić information content (AvgIpc) is 2.90. The molecule has 1 fully saturated rings. The second-order valence-electron chi connectivity index (χ2n) is 6.58. The molecule has 0 amide bonds. The first-order chi connectivity index (χ1) is 10.5.